The number of hydrogen-bond acceptors (Lipinski definition) is 3. The van der Waals surface area contributed by atoms with Crippen molar-refractivity contribution in [3.63, 3.8) is 0 Å². The molecule has 0 aliphatic carbocycles. The highest BCUT2D eigenvalue weighted by Gasteiger charge is 2.38. The number of hydrogen-bond donors (Lipinski definition) is 0. The lowest BCUT2D eigenvalue weighted by Gasteiger charge is -2.16. The van der Waals surface area contributed by atoms with Crippen LogP contribution in [0.4, 0.5) is 13.2 Å². The molecule has 1 aromatic rings. The fourth-order valence-electron chi connectivity index (χ4n) is 0.596. The molecular formula is C7H7F3N2O. The molecule has 0 radical (unpaired) electrons. The van der Waals surface area contributed by atoms with Crippen LogP contribution < -0.4 is 4.74 Å². The molecule has 0 saturated heterocycles. The standard InChI is InChI=1S/C7H7F3N2O/c1-5(7(8,9)10)13-6-2-3-11-4-12-6/h2-5H,1H3. The first kappa shape index (κ1) is 9.76. The molecule has 72 valence electrons. The van der Waals surface area contributed by atoms with Gasteiger partial charge in [0.1, 0.15) is 6.33 Å². The van der Waals surface area contributed by atoms with E-state index in [-0.39, 0.29) is 5.88 Å². The van der Waals surface area contributed by atoms with Gasteiger partial charge in [-0.25, -0.2) is 9.97 Å². The second kappa shape index (κ2) is 3.59. The Morgan fingerprint density at radius 2 is 2.15 bits per heavy atom. The maximum atomic E-state index is 12.0. The van der Waals surface area contributed by atoms with E-state index in [0.717, 1.165) is 13.3 Å². The molecular weight excluding hydrogens is 185 g/mol. The number of alkyl halides is 3. The first-order valence-corrected chi connectivity index (χ1v) is 3.49. The van der Waals surface area contributed by atoms with Gasteiger partial charge in [-0.15, -0.1) is 0 Å². The maximum Gasteiger partial charge on any atom is 0.425 e. The van der Waals surface area contributed by atoms with E-state index in [2.05, 4.69) is 14.7 Å². The minimum absolute atomic E-state index is 0.0835. The quantitative estimate of drug-likeness (QED) is 0.716. The van der Waals surface area contributed by atoms with Gasteiger partial charge in [0, 0.05) is 12.3 Å². The third-order valence-electron chi connectivity index (χ3n) is 1.31. The van der Waals surface area contributed by atoms with Gasteiger partial charge in [0.05, 0.1) is 0 Å². The predicted molar refractivity (Wildman–Crippen MR) is 38.2 cm³/mol. The lowest BCUT2D eigenvalue weighted by molar-refractivity contribution is -0.190. The minimum Gasteiger partial charge on any atom is -0.465 e. The fraction of sp³-hybridized carbons (Fsp3) is 0.429. The fourth-order valence-corrected chi connectivity index (χ4v) is 0.596. The summed E-state index contributed by atoms with van der Waals surface area (Å²) in [5.41, 5.74) is 0. The van der Waals surface area contributed by atoms with Gasteiger partial charge in [-0.1, -0.05) is 0 Å². The van der Waals surface area contributed by atoms with Gasteiger partial charge in [-0.2, -0.15) is 13.2 Å². The van der Waals surface area contributed by atoms with Crippen LogP contribution in [0.2, 0.25) is 0 Å². The first-order valence-electron chi connectivity index (χ1n) is 3.49. The smallest absolute Gasteiger partial charge is 0.425 e. The Hall–Kier alpha value is -1.33. The van der Waals surface area contributed by atoms with Crippen molar-refractivity contribution in [1.82, 2.24) is 9.97 Å². The van der Waals surface area contributed by atoms with Gasteiger partial charge in [0.15, 0.2) is 6.10 Å². The zero-order valence-electron chi connectivity index (χ0n) is 6.75. The summed E-state index contributed by atoms with van der Waals surface area (Å²) in [7, 11) is 0. The van der Waals surface area contributed by atoms with E-state index < -0.39 is 12.3 Å². The normalized spacial score (nSPS) is 13.8. The van der Waals surface area contributed by atoms with Crippen LogP contribution in [0.25, 0.3) is 0 Å². The Morgan fingerprint density at radius 1 is 1.46 bits per heavy atom. The second-order valence-electron chi connectivity index (χ2n) is 2.35. The monoisotopic (exact) mass is 192 g/mol. The molecule has 1 unspecified atom stereocenters. The van der Waals surface area contributed by atoms with Crippen molar-refractivity contribution in [3.8, 4) is 5.88 Å². The lowest BCUT2D eigenvalue weighted by Crippen LogP contribution is -2.31. The average Bonchev–Trinajstić information content (AvgIpc) is 2.04. The van der Waals surface area contributed by atoms with E-state index in [1.54, 1.807) is 0 Å². The van der Waals surface area contributed by atoms with Crippen molar-refractivity contribution < 1.29 is 17.9 Å². The molecule has 0 fully saturated rings. The molecule has 0 aliphatic heterocycles. The van der Waals surface area contributed by atoms with Crippen LogP contribution in [0.5, 0.6) is 5.88 Å². The summed E-state index contributed by atoms with van der Waals surface area (Å²) in [6.07, 6.45) is -3.79. The number of nitrogens with zero attached hydrogens (tertiary/aromatic N) is 2. The van der Waals surface area contributed by atoms with Gasteiger partial charge < -0.3 is 4.74 Å². The Labute approximate surface area is 72.6 Å². The van der Waals surface area contributed by atoms with Crippen molar-refractivity contribution in [2.45, 2.75) is 19.2 Å². The minimum atomic E-state index is -4.37. The molecule has 0 N–H and O–H groups in total. The topological polar surface area (TPSA) is 35.0 Å². The molecule has 0 saturated carbocycles. The molecule has 0 aliphatic rings. The largest absolute Gasteiger partial charge is 0.465 e. The summed E-state index contributed by atoms with van der Waals surface area (Å²) in [5.74, 6) is -0.0835. The third kappa shape index (κ3) is 2.89. The van der Waals surface area contributed by atoms with Crippen LogP contribution >= 0.6 is 0 Å². The van der Waals surface area contributed by atoms with Crippen LogP contribution in [0, 0.1) is 0 Å². The second-order valence-corrected chi connectivity index (χ2v) is 2.35. The summed E-state index contributed by atoms with van der Waals surface area (Å²) in [4.78, 5) is 7.04. The van der Waals surface area contributed by atoms with E-state index in [0.29, 0.717) is 0 Å². The Balaban J connectivity index is 2.61. The van der Waals surface area contributed by atoms with Crippen LogP contribution in [0.15, 0.2) is 18.6 Å². The summed E-state index contributed by atoms with van der Waals surface area (Å²) < 4.78 is 40.4. The van der Waals surface area contributed by atoms with Crippen LogP contribution in [0.3, 0.4) is 0 Å². The maximum absolute atomic E-state index is 12.0. The highest BCUT2D eigenvalue weighted by molar-refractivity contribution is 5.05. The highest BCUT2D eigenvalue weighted by atomic mass is 19.4. The molecule has 1 atom stereocenters. The molecule has 1 aromatic heterocycles. The number of halogens is 3. The van der Waals surface area contributed by atoms with Crippen LogP contribution in [-0.4, -0.2) is 22.2 Å². The van der Waals surface area contributed by atoms with E-state index in [1.807, 2.05) is 0 Å². The first-order chi connectivity index (χ1) is 6.00. The predicted octanol–water partition coefficient (Wildman–Crippen LogP) is 1.81. The molecule has 0 amide bonds. The summed E-state index contributed by atoms with van der Waals surface area (Å²) in [6.45, 7) is 0.919. The lowest BCUT2D eigenvalue weighted by atomic mass is 10.4. The Morgan fingerprint density at radius 3 is 2.62 bits per heavy atom. The molecule has 0 aromatic carbocycles. The average molecular weight is 192 g/mol. The Kier molecular flexibility index (Phi) is 2.69. The van der Waals surface area contributed by atoms with E-state index in [9.17, 15) is 13.2 Å². The van der Waals surface area contributed by atoms with E-state index in [1.165, 1.54) is 12.3 Å². The van der Waals surface area contributed by atoms with Crippen LogP contribution in [-0.2, 0) is 0 Å². The third-order valence-corrected chi connectivity index (χ3v) is 1.31. The van der Waals surface area contributed by atoms with Gasteiger partial charge in [-0.05, 0) is 6.92 Å². The van der Waals surface area contributed by atoms with Gasteiger partial charge in [0.2, 0.25) is 5.88 Å². The molecule has 6 heteroatoms. The number of rotatable bonds is 2. The van der Waals surface area contributed by atoms with Crippen molar-refractivity contribution in [1.29, 1.82) is 0 Å². The zero-order chi connectivity index (χ0) is 9.90. The highest BCUT2D eigenvalue weighted by Crippen LogP contribution is 2.23. The Bertz CT molecular complexity index is 262. The molecule has 1 heterocycles. The number of aromatic nitrogens is 2. The van der Waals surface area contributed by atoms with E-state index in [4.69, 9.17) is 0 Å². The van der Waals surface area contributed by atoms with Crippen molar-refractivity contribution >= 4 is 0 Å². The summed E-state index contributed by atoms with van der Waals surface area (Å²) in [6, 6.07) is 1.27. The SMILES string of the molecule is CC(Oc1ccncn1)C(F)(F)F. The molecule has 3 nitrogen and oxygen atoms in total. The van der Waals surface area contributed by atoms with Crippen LogP contribution in [0.1, 0.15) is 6.92 Å². The van der Waals surface area contributed by atoms with Crippen molar-refractivity contribution in [3.05, 3.63) is 18.6 Å². The molecule has 13 heavy (non-hydrogen) atoms. The zero-order valence-corrected chi connectivity index (χ0v) is 6.75. The van der Waals surface area contributed by atoms with E-state index >= 15 is 0 Å². The van der Waals surface area contributed by atoms with Crippen molar-refractivity contribution in [2.24, 2.45) is 0 Å². The summed E-state index contributed by atoms with van der Waals surface area (Å²) in [5, 5.41) is 0. The molecule has 0 bridgehead atoms. The molecule has 0 spiro atoms. The van der Waals surface area contributed by atoms with Gasteiger partial charge >= 0.3 is 6.18 Å². The van der Waals surface area contributed by atoms with Gasteiger partial charge in [0.25, 0.3) is 0 Å². The molecule has 1 rings (SSSR count). The van der Waals surface area contributed by atoms with Gasteiger partial charge in [-0.3, -0.25) is 0 Å². The number of ether oxygens (including phenoxy) is 1. The van der Waals surface area contributed by atoms with Crippen molar-refractivity contribution in [2.75, 3.05) is 0 Å². The summed E-state index contributed by atoms with van der Waals surface area (Å²) >= 11 is 0.